The molecule has 0 aliphatic carbocycles. The van der Waals surface area contributed by atoms with Crippen LogP contribution in [0.5, 0.6) is 0 Å². The lowest BCUT2D eigenvalue weighted by molar-refractivity contribution is 0.519. The molecule has 1 rings (SSSR count). The highest BCUT2D eigenvalue weighted by molar-refractivity contribution is 7.89. The first kappa shape index (κ1) is 14.9. The van der Waals surface area contributed by atoms with Crippen LogP contribution in [-0.4, -0.2) is 14.5 Å². The fraction of sp³-hybridized carbons (Fsp3) is 0.500. The smallest absolute Gasteiger partial charge is 0.243 e. The SMILES string of the molecule is CCC(CC)NS(=O)(=O)c1cc(N)cc(C)c1F. The molecule has 0 spiro atoms. The summed E-state index contributed by atoms with van der Waals surface area (Å²) < 4.78 is 40.5. The van der Waals surface area contributed by atoms with Gasteiger partial charge in [-0.15, -0.1) is 0 Å². The first-order valence-electron chi connectivity index (χ1n) is 5.89. The van der Waals surface area contributed by atoms with Crippen LogP contribution in [0.3, 0.4) is 0 Å². The third-order valence-electron chi connectivity index (χ3n) is 2.84. The van der Waals surface area contributed by atoms with Gasteiger partial charge in [0.25, 0.3) is 0 Å². The third kappa shape index (κ3) is 3.20. The van der Waals surface area contributed by atoms with Gasteiger partial charge in [-0.1, -0.05) is 13.8 Å². The number of nitrogen functional groups attached to an aromatic ring is 1. The summed E-state index contributed by atoms with van der Waals surface area (Å²) in [6.07, 6.45) is 1.30. The van der Waals surface area contributed by atoms with Crippen LogP contribution in [-0.2, 0) is 10.0 Å². The summed E-state index contributed by atoms with van der Waals surface area (Å²) in [5, 5.41) is 0. The lowest BCUT2D eigenvalue weighted by atomic mass is 10.2. The summed E-state index contributed by atoms with van der Waals surface area (Å²) in [6.45, 7) is 5.23. The first-order valence-corrected chi connectivity index (χ1v) is 7.38. The average Bonchev–Trinajstić information content (AvgIpc) is 2.30. The number of hydrogen-bond donors (Lipinski definition) is 2. The summed E-state index contributed by atoms with van der Waals surface area (Å²) in [4.78, 5) is -0.382. The van der Waals surface area contributed by atoms with Crippen molar-refractivity contribution in [1.29, 1.82) is 0 Å². The van der Waals surface area contributed by atoms with E-state index in [1.54, 1.807) is 0 Å². The Balaban J connectivity index is 3.20. The molecule has 3 N–H and O–H groups in total. The predicted molar refractivity (Wildman–Crippen MR) is 70.2 cm³/mol. The average molecular weight is 274 g/mol. The largest absolute Gasteiger partial charge is 0.399 e. The monoisotopic (exact) mass is 274 g/mol. The van der Waals surface area contributed by atoms with Crippen LogP contribution in [0.25, 0.3) is 0 Å². The van der Waals surface area contributed by atoms with Gasteiger partial charge in [-0.25, -0.2) is 17.5 Å². The Labute approximate surface area is 107 Å². The van der Waals surface area contributed by atoms with Gasteiger partial charge < -0.3 is 5.73 Å². The maximum absolute atomic E-state index is 13.9. The Kier molecular flexibility index (Phi) is 4.70. The molecule has 0 saturated carbocycles. The summed E-state index contributed by atoms with van der Waals surface area (Å²) in [6, 6.07) is 2.36. The Morgan fingerprint density at radius 2 is 1.89 bits per heavy atom. The number of rotatable bonds is 5. The van der Waals surface area contributed by atoms with Gasteiger partial charge in [0.05, 0.1) is 0 Å². The highest BCUT2D eigenvalue weighted by Crippen LogP contribution is 2.22. The van der Waals surface area contributed by atoms with E-state index >= 15 is 0 Å². The first-order chi connectivity index (χ1) is 8.31. The number of sulfonamides is 1. The van der Waals surface area contributed by atoms with Crippen LogP contribution in [0.2, 0.25) is 0 Å². The summed E-state index contributed by atoms with van der Waals surface area (Å²) in [5.74, 6) is -0.748. The van der Waals surface area contributed by atoms with Crippen molar-refractivity contribution in [2.45, 2.75) is 44.6 Å². The fourth-order valence-electron chi connectivity index (χ4n) is 1.70. The summed E-state index contributed by atoms with van der Waals surface area (Å²) in [7, 11) is -3.86. The number of nitrogens with two attached hydrogens (primary N) is 1. The molecule has 0 radical (unpaired) electrons. The second-order valence-corrected chi connectivity index (χ2v) is 5.97. The molecular formula is C12H19FN2O2S. The van der Waals surface area contributed by atoms with Gasteiger partial charge in [-0.05, 0) is 37.5 Å². The minimum atomic E-state index is -3.86. The molecule has 0 saturated heterocycles. The van der Waals surface area contributed by atoms with Crippen LogP contribution in [0.1, 0.15) is 32.3 Å². The topological polar surface area (TPSA) is 72.2 Å². The van der Waals surface area contributed by atoms with Crippen molar-refractivity contribution in [2.24, 2.45) is 0 Å². The van der Waals surface area contributed by atoms with Crippen molar-refractivity contribution in [3.8, 4) is 0 Å². The van der Waals surface area contributed by atoms with E-state index < -0.39 is 15.8 Å². The van der Waals surface area contributed by atoms with Crippen LogP contribution >= 0.6 is 0 Å². The molecule has 0 atom stereocenters. The maximum atomic E-state index is 13.9. The van der Waals surface area contributed by atoms with Crippen molar-refractivity contribution in [2.75, 3.05) is 5.73 Å². The normalized spacial score (nSPS) is 12.1. The summed E-state index contributed by atoms with van der Waals surface area (Å²) >= 11 is 0. The van der Waals surface area contributed by atoms with E-state index in [2.05, 4.69) is 4.72 Å². The zero-order valence-corrected chi connectivity index (χ0v) is 11.6. The minimum Gasteiger partial charge on any atom is -0.399 e. The molecule has 0 aliphatic rings. The molecule has 0 amide bonds. The maximum Gasteiger partial charge on any atom is 0.243 e. The van der Waals surface area contributed by atoms with Crippen molar-refractivity contribution >= 4 is 15.7 Å². The Bertz CT molecular complexity index is 525. The minimum absolute atomic E-state index is 0.198. The Morgan fingerprint density at radius 1 is 1.33 bits per heavy atom. The molecule has 0 aliphatic heterocycles. The van der Waals surface area contributed by atoms with Gasteiger partial charge in [0.2, 0.25) is 10.0 Å². The zero-order valence-electron chi connectivity index (χ0n) is 10.8. The van der Waals surface area contributed by atoms with Crippen LogP contribution in [0, 0.1) is 12.7 Å². The molecule has 1 aromatic carbocycles. The summed E-state index contributed by atoms with van der Waals surface area (Å²) in [5.41, 5.74) is 6.02. The zero-order chi connectivity index (χ0) is 13.9. The van der Waals surface area contributed by atoms with Gasteiger partial charge >= 0.3 is 0 Å². The van der Waals surface area contributed by atoms with Crippen molar-refractivity contribution < 1.29 is 12.8 Å². The Hall–Kier alpha value is -1.14. The lowest BCUT2D eigenvalue weighted by Gasteiger charge is -2.16. The molecule has 0 fully saturated rings. The molecule has 1 aromatic rings. The predicted octanol–water partition coefficient (Wildman–Crippen LogP) is 2.18. The molecule has 4 nitrogen and oxygen atoms in total. The van der Waals surface area contributed by atoms with E-state index in [4.69, 9.17) is 5.73 Å². The third-order valence-corrected chi connectivity index (χ3v) is 4.36. The highest BCUT2D eigenvalue weighted by atomic mass is 32.2. The number of hydrogen-bond acceptors (Lipinski definition) is 3. The lowest BCUT2D eigenvalue weighted by Crippen LogP contribution is -2.34. The number of benzene rings is 1. The second-order valence-electron chi connectivity index (χ2n) is 4.28. The molecule has 102 valence electrons. The van der Waals surface area contributed by atoms with E-state index in [1.807, 2.05) is 13.8 Å². The molecule has 6 heteroatoms. The van der Waals surface area contributed by atoms with Gasteiger partial charge in [-0.2, -0.15) is 0 Å². The molecule has 18 heavy (non-hydrogen) atoms. The van der Waals surface area contributed by atoms with E-state index in [9.17, 15) is 12.8 Å². The molecule has 0 aromatic heterocycles. The van der Waals surface area contributed by atoms with Crippen molar-refractivity contribution in [3.05, 3.63) is 23.5 Å². The number of aryl methyl sites for hydroxylation is 1. The molecular weight excluding hydrogens is 255 g/mol. The Morgan fingerprint density at radius 3 is 2.39 bits per heavy atom. The quantitative estimate of drug-likeness (QED) is 0.808. The molecule has 0 bridgehead atoms. The van der Waals surface area contributed by atoms with Gasteiger partial charge in [0.15, 0.2) is 0 Å². The standard InChI is InChI=1S/C12H19FN2O2S/c1-4-10(5-2)15-18(16,17)11-7-9(14)6-8(3)12(11)13/h6-7,10,15H,4-5,14H2,1-3H3. The van der Waals surface area contributed by atoms with Crippen LogP contribution in [0.4, 0.5) is 10.1 Å². The molecule has 0 heterocycles. The van der Waals surface area contributed by atoms with E-state index in [0.717, 1.165) is 6.07 Å². The second kappa shape index (κ2) is 5.67. The number of halogens is 1. The molecule has 0 unspecified atom stereocenters. The number of nitrogens with one attached hydrogen (secondary N) is 1. The van der Waals surface area contributed by atoms with E-state index in [1.165, 1.54) is 13.0 Å². The highest BCUT2D eigenvalue weighted by Gasteiger charge is 2.23. The van der Waals surface area contributed by atoms with Gasteiger partial charge in [0, 0.05) is 11.7 Å². The van der Waals surface area contributed by atoms with Gasteiger partial charge in [-0.3, -0.25) is 0 Å². The fourth-order valence-corrected chi connectivity index (χ4v) is 3.29. The van der Waals surface area contributed by atoms with Crippen molar-refractivity contribution in [3.63, 3.8) is 0 Å². The van der Waals surface area contributed by atoms with Crippen molar-refractivity contribution in [1.82, 2.24) is 4.72 Å². The van der Waals surface area contributed by atoms with E-state index in [0.29, 0.717) is 12.8 Å². The number of anilines is 1. The van der Waals surface area contributed by atoms with Crippen LogP contribution in [0.15, 0.2) is 17.0 Å². The van der Waals surface area contributed by atoms with Crippen LogP contribution < -0.4 is 10.5 Å². The van der Waals surface area contributed by atoms with E-state index in [-0.39, 0.29) is 22.2 Å². The van der Waals surface area contributed by atoms with Gasteiger partial charge in [0.1, 0.15) is 10.7 Å².